The molecule has 3 aromatic rings. The number of hydrogen-bond acceptors (Lipinski definition) is 7. The third-order valence-electron chi connectivity index (χ3n) is 6.60. The smallest absolute Gasteiger partial charge is 0.270 e. The van der Waals surface area contributed by atoms with Crippen molar-refractivity contribution in [3.05, 3.63) is 69.6 Å². The van der Waals surface area contributed by atoms with E-state index in [4.69, 9.17) is 0 Å². The number of rotatable bonds is 4. The molecule has 0 unspecified atom stereocenters. The fourth-order valence-electron chi connectivity index (χ4n) is 4.80. The number of aromatic nitrogens is 2. The number of oxime groups is 1. The van der Waals surface area contributed by atoms with Gasteiger partial charge in [0.25, 0.3) is 5.56 Å². The van der Waals surface area contributed by atoms with Crippen LogP contribution in [0.2, 0.25) is 0 Å². The van der Waals surface area contributed by atoms with Crippen LogP contribution in [0.15, 0.2) is 52.4 Å². The van der Waals surface area contributed by atoms with E-state index in [1.54, 1.807) is 19.2 Å². The Hall–Kier alpha value is -4.17. The first-order valence-corrected chi connectivity index (χ1v) is 10.8. The van der Waals surface area contributed by atoms with Crippen LogP contribution in [-0.2, 0) is 7.05 Å². The molecule has 0 atom stereocenters. The summed E-state index contributed by atoms with van der Waals surface area (Å²) in [5.41, 5.74) is 2.99. The Balaban J connectivity index is 1.67. The van der Waals surface area contributed by atoms with Gasteiger partial charge in [0.05, 0.1) is 16.9 Å². The Morgan fingerprint density at radius 3 is 2.42 bits per heavy atom. The van der Waals surface area contributed by atoms with Crippen molar-refractivity contribution in [1.29, 1.82) is 10.5 Å². The Morgan fingerprint density at radius 2 is 1.82 bits per heavy atom. The molecule has 0 amide bonds. The molecule has 0 bridgehead atoms. The predicted octanol–water partition coefficient (Wildman–Crippen LogP) is 3.55. The summed E-state index contributed by atoms with van der Waals surface area (Å²) in [6, 6.07) is 17.1. The molecule has 4 rings (SSSR count). The second-order valence-corrected chi connectivity index (χ2v) is 8.34. The summed E-state index contributed by atoms with van der Waals surface area (Å²) in [5.74, 6) is 0.126. The molecule has 166 valence electrons. The zero-order valence-electron chi connectivity index (χ0n) is 18.6. The normalized spacial score (nSPS) is 18.5. The molecule has 0 radical (unpaired) electrons. The lowest BCUT2D eigenvalue weighted by Gasteiger charge is -2.36. The summed E-state index contributed by atoms with van der Waals surface area (Å²) >= 11 is 0. The molecule has 8 heteroatoms. The fraction of sp³-hybridized carbons (Fsp3) is 0.320. The van der Waals surface area contributed by atoms with Crippen molar-refractivity contribution in [3.8, 4) is 12.1 Å². The summed E-state index contributed by atoms with van der Waals surface area (Å²) in [4.78, 5) is 19.3. The van der Waals surface area contributed by atoms with Gasteiger partial charge in [-0.05, 0) is 43.4 Å². The van der Waals surface area contributed by atoms with Gasteiger partial charge in [0.2, 0.25) is 0 Å². The number of fused-ring (bicyclic) bond motifs is 1. The van der Waals surface area contributed by atoms with Crippen molar-refractivity contribution in [2.75, 3.05) is 11.9 Å². The molecular formula is C25H24N6O2. The molecular weight excluding hydrogens is 416 g/mol. The molecule has 2 aromatic heterocycles. The van der Waals surface area contributed by atoms with Gasteiger partial charge in [-0.1, -0.05) is 35.5 Å². The lowest BCUT2D eigenvalue weighted by atomic mass is 9.80. The molecule has 0 saturated heterocycles. The summed E-state index contributed by atoms with van der Waals surface area (Å²) in [6.07, 6.45) is 3.22. The predicted molar refractivity (Wildman–Crippen MR) is 125 cm³/mol. The minimum atomic E-state index is -0.383. The molecule has 1 aromatic carbocycles. The zero-order valence-corrected chi connectivity index (χ0v) is 18.6. The van der Waals surface area contributed by atoms with Crippen LogP contribution >= 0.6 is 0 Å². The van der Waals surface area contributed by atoms with Crippen LogP contribution in [0.3, 0.4) is 0 Å². The van der Waals surface area contributed by atoms with Crippen LogP contribution in [0.4, 0.5) is 5.69 Å². The number of benzene rings is 1. The van der Waals surface area contributed by atoms with E-state index in [0.717, 1.165) is 31.2 Å². The van der Waals surface area contributed by atoms with Crippen molar-refractivity contribution in [2.45, 2.75) is 31.7 Å². The largest absolute Gasteiger partial charge is 0.411 e. The van der Waals surface area contributed by atoms with Crippen molar-refractivity contribution in [2.24, 2.45) is 18.1 Å². The van der Waals surface area contributed by atoms with Crippen molar-refractivity contribution in [1.82, 2.24) is 9.55 Å². The van der Waals surface area contributed by atoms with Crippen LogP contribution in [0.25, 0.3) is 11.0 Å². The maximum atomic E-state index is 12.9. The standard InChI is InChI=1S/C25H24N6O2/c1-30(19-11-8-17(9-12-19)22(29-33)16-6-4-3-5-7-16)24-20(15-27)25(32)31(2)21-13-10-18(14-26)28-23(21)24/h3-7,10,13,17,19,33H,8-9,11-12H2,1-2H3/b29-22+/t17-,19+. The Morgan fingerprint density at radius 1 is 1.12 bits per heavy atom. The maximum Gasteiger partial charge on any atom is 0.270 e. The fourth-order valence-corrected chi connectivity index (χ4v) is 4.80. The number of nitriles is 2. The van der Waals surface area contributed by atoms with E-state index in [1.807, 2.05) is 48.3 Å². The highest BCUT2D eigenvalue weighted by Gasteiger charge is 2.31. The minimum absolute atomic E-state index is 0.0270. The van der Waals surface area contributed by atoms with Gasteiger partial charge in [0, 0.05) is 26.1 Å². The first-order valence-electron chi connectivity index (χ1n) is 10.8. The SMILES string of the molecule is Cn1c(=O)c(C#N)c(N(C)[C@H]2CC[C@@H](/C(=N/O)c3ccccc3)CC2)c2nc(C#N)ccc21. The monoisotopic (exact) mass is 440 g/mol. The molecule has 1 N–H and O–H groups in total. The molecule has 1 aliphatic carbocycles. The Bertz CT molecular complexity index is 1360. The van der Waals surface area contributed by atoms with E-state index in [-0.39, 0.29) is 28.8 Å². The van der Waals surface area contributed by atoms with E-state index in [1.165, 1.54) is 4.57 Å². The topological polar surface area (TPSA) is 118 Å². The lowest BCUT2D eigenvalue weighted by molar-refractivity contribution is 0.307. The average Bonchev–Trinajstić information content (AvgIpc) is 2.86. The number of aryl methyl sites for hydroxylation is 1. The average molecular weight is 441 g/mol. The molecule has 0 aliphatic heterocycles. The van der Waals surface area contributed by atoms with Gasteiger partial charge in [0.15, 0.2) is 0 Å². The van der Waals surface area contributed by atoms with Crippen LogP contribution in [0, 0.1) is 28.6 Å². The van der Waals surface area contributed by atoms with Gasteiger partial charge < -0.3 is 14.7 Å². The third kappa shape index (κ3) is 3.92. The number of anilines is 1. The number of hydrogen-bond donors (Lipinski definition) is 1. The summed E-state index contributed by atoms with van der Waals surface area (Å²) in [7, 11) is 3.48. The first kappa shape index (κ1) is 22.0. The zero-order chi connectivity index (χ0) is 23.5. The van der Waals surface area contributed by atoms with Crippen molar-refractivity contribution < 1.29 is 5.21 Å². The van der Waals surface area contributed by atoms with Gasteiger partial charge in [0.1, 0.15) is 28.9 Å². The van der Waals surface area contributed by atoms with E-state index in [2.05, 4.69) is 16.2 Å². The van der Waals surface area contributed by atoms with Crippen LogP contribution in [-0.4, -0.2) is 33.6 Å². The quantitative estimate of drug-likeness (QED) is 0.376. The van der Waals surface area contributed by atoms with Crippen LogP contribution in [0.5, 0.6) is 0 Å². The molecule has 1 saturated carbocycles. The van der Waals surface area contributed by atoms with Crippen LogP contribution in [0.1, 0.15) is 42.5 Å². The van der Waals surface area contributed by atoms with E-state index in [9.17, 15) is 20.5 Å². The van der Waals surface area contributed by atoms with Gasteiger partial charge in [-0.2, -0.15) is 10.5 Å². The molecule has 33 heavy (non-hydrogen) atoms. The van der Waals surface area contributed by atoms with Gasteiger partial charge in [-0.25, -0.2) is 4.98 Å². The third-order valence-corrected chi connectivity index (χ3v) is 6.60. The first-order chi connectivity index (χ1) is 16.0. The van der Waals surface area contributed by atoms with E-state index < -0.39 is 0 Å². The second-order valence-electron chi connectivity index (χ2n) is 8.34. The summed E-state index contributed by atoms with van der Waals surface area (Å²) in [5, 5.41) is 32.4. The molecule has 0 spiro atoms. The van der Waals surface area contributed by atoms with Gasteiger partial charge in [-0.3, -0.25) is 4.79 Å². The van der Waals surface area contributed by atoms with E-state index in [0.29, 0.717) is 22.4 Å². The minimum Gasteiger partial charge on any atom is -0.411 e. The molecule has 8 nitrogen and oxygen atoms in total. The van der Waals surface area contributed by atoms with Gasteiger partial charge >= 0.3 is 0 Å². The maximum absolute atomic E-state index is 12.9. The highest BCUT2D eigenvalue weighted by molar-refractivity contribution is 6.02. The van der Waals surface area contributed by atoms with Crippen LogP contribution < -0.4 is 10.5 Å². The molecule has 1 aliphatic rings. The summed E-state index contributed by atoms with van der Waals surface area (Å²) in [6.45, 7) is 0. The summed E-state index contributed by atoms with van der Waals surface area (Å²) < 4.78 is 1.40. The highest BCUT2D eigenvalue weighted by atomic mass is 16.4. The lowest BCUT2D eigenvalue weighted by Crippen LogP contribution is -2.38. The van der Waals surface area contributed by atoms with Crippen molar-refractivity contribution >= 4 is 22.4 Å². The highest BCUT2D eigenvalue weighted by Crippen LogP contribution is 2.35. The Labute approximate surface area is 191 Å². The number of pyridine rings is 2. The molecule has 1 fully saturated rings. The van der Waals surface area contributed by atoms with Gasteiger partial charge in [-0.15, -0.1) is 0 Å². The second kappa shape index (κ2) is 9.13. The van der Waals surface area contributed by atoms with E-state index >= 15 is 0 Å². The Kier molecular flexibility index (Phi) is 6.10. The number of nitrogens with zero attached hydrogens (tertiary/aromatic N) is 6. The molecule has 2 heterocycles. The van der Waals surface area contributed by atoms with Crippen molar-refractivity contribution in [3.63, 3.8) is 0 Å².